The fraction of sp³-hybridized carbons (Fsp3) is 0.0833. The van der Waals surface area contributed by atoms with E-state index in [-0.39, 0.29) is 0 Å². The van der Waals surface area contributed by atoms with E-state index >= 15 is 0 Å². The molecule has 3 aromatic rings. The molecule has 1 aliphatic heterocycles. The third kappa shape index (κ3) is 0.908. The molecule has 1 aliphatic rings. The monoisotopic (exact) mass is 212 g/mol. The third-order valence-electron chi connectivity index (χ3n) is 2.86. The summed E-state index contributed by atoms with van der Waals surface area (Å²) in [6, 6.07) is 7.93. The maximum absolute atomic E-state index is 5.37. The summed E-state index contributed by atoms with van der Waals surface area (Å²) in [4.78, 5) is 7.55. The van der Waals surface area contributed by atoms with Crippen LogP contribution in [-0.2, 0) is 0 Å². The van der Waals surface area contributed by atoms with Gasteiger partial charge in [0.05, 0.1) is 5.52 Å². The number of hydrogen-bond acceptors (Lipinski definition) is 3. The number of benzene rings is 1. The minimum absolute atomic E-state index is 0.304. The second-order valence-corrected chi connectivity index (χ2v) is 3.78. The van der Waals surface area contributed by atoms with Crippen LogP contribution in [0.15, 0.2) is 30.5 Å². The molecule has 1 aromatic carbocycles. The Hall–Kier alpha value is -2.23. The van der Waals surface area contributed by atoms with E-state index in [2.05, 4.69) is 9.97 Å². The molecule has 4 heteroatoms. The van der Waals surface area contributed by atoms with Gasteiger partial charge in [0.25, 0.3) is 0 Å². The SMILES string of the molecule is c1cnc2[nH]c3cc4c(cc3c2c1)OCO4. The van der Waals surface area contributed by atoms with E-state index in [9.17, 15) is 0 Å². The molecule has 0 atom stereocenters. The summed E-state index contributed by atoms with van der Waals surface area (Å²) in [5.74, 6) is 1.59. The molecule has 0 saturated heterocycles. The van der Waals surface area contributed by atoms with Crippen molar-refractivity contribution in [2.45, 2.75) is 0 Å². The van der Waals surface area contributed by atoms with Crippen LogP contribution in [0.1, 0.15) is 0 Å². The second kappa shape index (κ2) is 2.66. The second-order valence-electron chi connectivity index (χ2n) is 3.78. The van der Waals surface area contributed by atoms with Crippen LogP contribution in [0.5, 0.6) is 11.5 Å². The van der Waals surface area contributed by atoms with Crippen LogP contribution >= 0.6 is 0 Å². The standard InChI is InChI=1S/C12H8N2O2/c1-2-7-8-4-10-11(16-6-15-10)5-9(8)14-12(7)13-3-1/h1-5H,6H2,(H,13,14). The normalized spacial score (nSPS) is 13.8. The van der Waals surface area contributed by atoms with Crippen molar-refractivity contribution in [2.75, 3.05) is 6.79 Å². The molecule has 0 bridgehead atoms. The van der Waals surface area contributed by atoms with Gasteiger partial charge in [0.2, 0.25) is 6.79 Å². The van der Waals surface area contributed by atoms with E-state index in [1.54, 1.807) is 6.20 Å². The van der Waals surface area contributed by atoms with Crippen LogP contribution in [0.3, 0.4) is 0 Å². The van der Waals surface area contributed by atoms with E-state index in [1.807, 2.05) is 24.3 Å². The molecule has 0 fully saturated rings. The summed E-state index contributed by atoms with van der Waals surface area (Å²) >= 11 is 0. The Morgan fingerprint density at radius 3 is 2.94 bits per heavy atom. The van der Waals surface area contributed by atoms with E-state index in [0.717, 1.165) is 33.4 Å². The Morgan fingerprint density at radius 2 is 2.00 bits per heavy atom. The zero-order valence-electron chi connectivity index (χ0n) is 8.36. The first-order valence-electron chi connectivity index (χ1n) is 5.08. The van der Waals surface area contributed by atoms with Crippen molar-refractivity contribution in [1.29, 1.82) is 0 Å². The van der Waals surface area contributed by atoms with Gasteiger partial charge in [-0.15, -0.1) is 0 Å². The number of nitrogens with zero attached hydrogens (tertiary/aromatic N) is 1. The minimum atomic E-state index is 0.304. The predicted molar refractivity (Wildman–Crippen MR) is 59.7 cm³/mol. The maximum Gasteiger partial charge on any atom is 0.231 e. The molecule has 16 heavy (non-hydrogen) atoms. The number of aromatic nitrogens is 2. The number of ether oxygens (including phenoxy) is 2. The molecule has 0 unspecified atom stereocenters. The van der Waals surface area contributed by atoms with Crippen molar-refractivity contribution in [1.82, 2.24) is 9.97 Å². The molecule has 1 N–H and O–H groups in total. The van der Waals surface area contributed by atoms with Gasteiger partial charge in [0, 0.05) is 23.0 Å². The van der Waals surface area contributed by atoms with Crippen molar-refractivity contribution in [2.24, 2.45) is 0 Å². The topological polar surface area (TPSA) is 47.1 Å². The van der Waals surface area contributed by atoms with Crippen LogP contribution in [0, 0.1) is 0 Å². The maximum atomic E-state index is 5.37. The quantitative estimate of drug-likeness (QED) is 0.622. The number of hydrogen-bond donors (Lipinski definition) is 1. The minimum Gasteiger partial charge on any atom is -0.454 e. The molecule has 0 amide bonds. The lowest BCUT2D eigenvalue weighted by atomic mass is 10.2. The van der Waals surface area contributed by atoms with Gasteiger partial charge in [0.15, 0.2) is 11.5 Å². The fourth-order valence-electron chi connectivity index (χ4n) is 2.12. The van der Waals surface area contributed by atoms with Crippen molar-refractivity contribution in [3.63, 3.8) is 0 Å². The lowest BCUT2D eigenvalue weighted by Gasteiger charge is -1.95. The largest absolute Gasteiger partial charge is 0.454 e. The van der Waals surface area contributed by atoms with Gasteiger partial charge >= 0.3 is 0 Å². The summed E-state index contributed by atoms with van der Waals surface area (Å²) in [5.41, 5.74) is 1.92. The first-order chi connectivity index (χ1) is 7.92. The van der Waals surface area contributed by atoms with Crippen LogP contribution in [-0.4, -0.2) is 16.8 Å². The number of aromatic amines is 1. The van der Waals surface area contributed by atoms with Crippen LogP contribution in [0.4, 0.5) is 0 Å². The van der Waals surface area contributed by atoms with Gasteiger partial charge in [-0.1, -0.05) is 0 Å². The van der Waals surface area contributed by atoms with Gasteiger partial charge in [-0.05, 0) is 18.2 Å². The molecule has 4 nitrogen and oxygen atoms in total. The zero-order chi connectivity index (χ0) is 10.5. The Kier molecular flexibility index (Phi) is 1.33. The molecule has 0 radical (unpaired) electrons. The summed E-state index contributed by atoms with van der Waals surface area (Å²) in [6.45, 7) is 0.304. The van der Waals surface area contributed by atoms with Gasteiger partial charge in [-0.3, -0.25) is 0 Å². The van der Waals surface area contributed by atoms with Gasteiger partial charge in [-0.2, -0.15) is 0 Å². The molecule has 0 aliphatic carbocycles. The van der Waals surface area contributed by atoms with Crippen molar-refractivity contribution in [3.05, 3.63) is 30.5 Å². The summed E-state index contributed by atoms with van der Waals surface area (Å²) in [6.07, 6.45) is 1.78. The highest BCUT2D eigenvalue weighted by Crippen LogP contribution is 2.38. The summed E-state index contributed by atoms with van der Waals surface area (Å²) < 4.78 is 10.7. The zero-order valence-corrected chi connectivity index (χ0v) is 8.36. The van der Waals surface area contributed by atoms with Crippen LogP contribution in [0.2, 0.25) is 0 Å². The highest BCUT2D eigenvalue weighted by molar-refractivity contribution is 6.06. The first kappa shape index (κ1) is 7.98. The van der Waals surface area contributed by atoms with E-state index in [1.165, 1.54) is 0 Å². The molecule has 4 rings (SSSR count). The third-order valence-corrected chi connectivity index (χ3v) is 2.86. The first-order valence-corrected chi connectivity index (χ1v) is 5.08. The van der Waals surface area contributed by atoms with Crippen molar-refractivity contribution >= 4 is 21.9 Å². The Morgan fingerprint density at radius 1 is 1.12 bits per heavy atom. The number of H-pyrrole nitrogens is 1. The fourth-order valence-corrected chi connectivity index (χ4v) is 2.12. The summed E-state index contributed by atoms with van der Waals surface area (Å²) in [5, 5.41) is 2.23. The molecular formula is C12H8N2O2. The lowest BCUT2D eigenvalue weighted by Crippen LogP contribution is -1.92. The van der Waals surface area contributed by atoms with Gasteiger partial charge in [-0.25, -0.2) is 4.98 Å². The van der Waals surface area contributed by atoms with E-state index in [0.29, 0.717) is 6.79 Å². The smallest absolute Gasteiger partial charge is 0.231 e. The molecule has 0 spiro atoms. The average molecular weight is 212 g/mol. The van der Waals surface area contributed by atoms with Crippen LogP contribution in [0.25, 0.3) is 21.9 Å². The number of nitrogens with one attached hydrogen (secondary N) is 1. The lowest BCUT2D eigenvalue weighted by molar-refractivity contribution is 0.174. The van der Waals surface area contributed by atoms with E-state index < -0.39 is 0 Å². The number of rotatable bonds is 0. The van der Waals surface area contributed by atoms with Crippen molar-refractivity contribution in [3.8, 4) is 11.5 Å². The van der Waals surface area contributed by atoms with Crippen molar-refractivity contribution < 1.29 is 9.47 Å². The molecule has 3 heterocycles. The highest BCUT2D eigenvalue weighted by Gasteiger charge is 2.16. The average Bonchev–Trinajstić information content (AvgIpc) is 2.88. The van der Waals surface area contributed by atoms with Gasteiger partial charge in [0.1, 0.15) is 5.65 Å². The van der Waals surface area contributed by atoms with Gasteiger partial charge < -0.3 is 14.5 Å². The number of pyridine rings is 1. The predicted octanol–water partition coefficient (Wildman–Crippen LogP) is 2.44. The Bertz CT molecular complexity index is 703. The highest BCUT2D eigenvalue weighted by atomic mass is 16.7. The van der Waals surface area contributed by atoms with Crippen LogP contribution < -0.4 is 9.47 Å². The molecular weight excluding hydrogens is 204 g/mol. The molecule has 78 valence electrons. The molecule has 0 saturated carbocycles. The molecule has 2 aromatic heterocycles. The summed E-state index contributed by atoms with van der Waals surface area (Å²) in [7, 11) is 0. The van der Waals surface area contributed by atoms with E-state index in [4.69, 9.17) is 9.47 Å². The number of fused-ring (bicyclic) bond motifs is 4. The Labute approximate surface area is 90.8 Å². The Balaban J connectivity index is 2.19.